The lowest BCUT2D eigenvalue weighted by Crippen LogP contribution is -1.86. The fourth-order valence-corrected chi connectivity index (χ4v) is 1.93. The lowest BCUT2D eigenvalue weighted by atomic mass is 9.98. The van der Waals surface area contributed by atoms with Gasteiger partial charge in [0, 0.05) is 0 Å². The number of rotatable bonds is 6. The van der Waals surface area contributed by atoms with E-state index < -0.39 is 0 Å². The summed E-state index contributed by atoms with van der Waals surface area (Å²) in [6.45, 7) is 18.0. The van der Waals surface area contributed by atoms with E-state index in [4.69, 9.17) is 0 Å². The minimum atomic E-state index is 0.973. The van der Waals surface area contributed by atoms with E-state index in [2.05, 4.69) is 63.1 Å². The first-order chi connectivity index (χ1) is 9.47. The summed E-state index contributed by atoms with van der Waals surface area (Å²) < 4.78 is 0. The smallest absolute Gasteiger partial charge is 0.0179 e. The molecule has 0 bridgehead atoms. The predicted octanol–water partition coefficient (Wildman–Crippen LogP) is 6.20. The normalized spacial score (nSPS) is 12.2. The van der Waals surface area contributed by atoms with Crippen LogP contribution in [0.1, 0.15) is 38.3 Å². The van der Waals surface area contributed by atoms with Crippen LogP contribution in [-0.2, 0) is 0 Å². The largest absolute Gasteiger partial charge is 0.0988 e. The van der Waals surface area contributed by atoms with Crippen LogP contribution >= 0.6 is 0 Å². The van der Waals surface area contributed by atoms with Crippen LogP contribution < -0.4 is 0 Å². The average Bonchev–Trinajstić information content (AvgIpc) is 2.43. The molecular formula is C20H24. The molecule has 0 aliphatic heterocycles. The molecule has 0 saturated heterocycles. The molecule has 1 aromatic carbocycles. The maximum absolute atomic E-state index is 3.98. The van der Waals surface area contributed by atoms with Gasteiger partial charge in [-0.25, -0.2) is 0 Å². The van der Waals surface area contributed by atoms with E-state index in [1.165, 1.54) is 22.3 Å². The highest BCUT2D eigenvalue weighted by Gasteiger charge is 2.01. The summed E-state index contributed by atoms with van der Waals surface area (Å²) in [6, 6.07) is 8.48. The lowest BCUT2D eigenvalue weighted by Gasteiger charge is -2.07. The SMILES string of the molecule is C=CC(=CC(=CC(=C)C)c1ccc(C(=C)C)cc1)CC. The van der Waals surface area contributed by atoms with Gasteiger partial charge in [0.15, 0.2) is 0 Å². The Labute approximate surface area is 123 Å². The average molecular weight is 264 g/mol. The van der Waals surface area contributed by atoms with Crippen molar-refractivity contribution in [1.29, 1.82) is 0 Å². The third-order valence-electron chi connectivity index (χ3n) is 3.12. The first kappa shape index (κ1) is 16.0. The third-order valence-corrected chi connectivity index (χ3v) is 3.12. The molecule has 0 unspecified atom stereocenters. The van der Waals surface area contributed by atoms with Gasteiger partial charge in [-0.2, -0.15) is 0 Å². The highest BCUT2D eigenvalue weighted by Crippen LogP contribution is 2.23. The minimum absolute atomic E-state index is 0.973. The van der Waals surface area contributed by atoms with E-state index in [-0.39, 0.29) is 0 Å². The Bertz CT molecular complexity index is 563. The van der Waals surface area contributed by atoms with Crippen molar-refractivity contribution in [3.05, 3.63) is 84.5 Å². The molecule has 0 saturated carbocycles. The van der Waals surface area contributed by atoms with Crippen LogP contribution in [0.2, 0.25) is 0 Å². The molecule has 0 fully saturated rings. The van der Waals surface area contributed by atoms with E-state index in [1.54, 1.807) is 0 Å². The van der Waals surface area contributed by atoms with Crippen molar-refractivity contribution in [2.45, 2.75) is 27.2 Å². The van der Waals surface area contributed by atoms with Crippen LogP contribution in [0.15, 0.2) is 73.4 Å². The van der Waals surface area contributed by atoms with Gasteiger partial charge < -0.3 is 0 Å². The van der Waals surface area contributed by atoms with Gasteiger partial charge in [0.05, 0.1) is 0 Å². The summed E-state index contributed by atoms with van der Waals surface area (Å²) in [5.74, 6) is 0. The molecule has 0 nitrogen and oxygen atoms in total. The van der Waals surface area contributed by atoms with E-state index in [9.17, 15) is 0 Å². The van der Waals surface area contributed by atoms with E-state index >= 15 is 0 Å². The first-order valence-corrected chi connectivity index (χ1v) is 6.94. The highest BCUT2D eigenvalue weighted by molar-refractivity contribution is 5.78. The molecule has 0 atom stereocenters. The van der Waals surface area contributed by atoms with Crippen molar-refractivity contribution in [1.82, 2.24) is 0 Å². The van der Waals surface area contributed by atoms with Crippen LogP contribution in [0.5, 0.6) is 0 Å². The van der Waals surface area contributed by atoms with E-state index in [1.807, 2.05) is 19.9 Å². The molecule has 0 aliphatic rings. The maximum atomic E-state index is 3.98. The Balaban J connectivity index is 3.25. The van der Waals surface area contributed by atoms with Gasteiger partial charge >= 0.3 is 0 Å². The Morgan fingerprint density at radius 1 is 1.00 bits per heavy atom. The third kappa shape index (κ3) is 4.55. The van der Waals surface area contributed by atoms with Crippen LogP contribution in [0, 0.1) is 0 Å². The second kappa shape index (κ2) is 7.49. The Kier molecular flexibility index (Phi) is 5.99. The number of hydrogen-bond acceptors (Lipinski definition) is 0. The summed E-state index contributed by atoms with van der Waals surface area (Å²) >= 11 is 0. The van der Waals surface area contributed by atoms with Gasteiger partial charge in [0.25, 0.3) is 0 Å². The molecule has 1 aromatic rings. The molecule has 0 aliphatic carbocycles. The molecule has 0 heterocycles. The molecule has 0 spiro atoms. The summed E-state index contributed by atoms with van der Waals surface area (Å²) in [5, 5.41) is 0. The van der Waals surface area contributed by atoms with Crippen molar-refractivity contribution >= 4 is 11.1 Å². The Morgan fingerprint density at radius 2 is 1.55 bits per heavy atom. The standard InChI is InChI=1S/C20H24/c1-7-17(8-2)14-20(13-15(3)4)19-11-9-18(10-12-19)16(5)6/h7,9-14H,1,3,5,8H2,2,4,6H3. The maximum Gasteiger partial charge on any atom is -0.0179 e. The lowest BCUT2D eigenvalue weighted by molar-refractivity contribution is 1.15. The zero-order chi connectivity index (χ0) is 15.1. The fourth-order valence-electron chi connectivity index (χ4n) is 1.93. The molecule has 0 heteroatoms. The van der Waals surface area contributed by atoms with Crippen molar-refractivity contribution in [3.8, 4) is 0 Å². The minimum Gasteiger partial charge on any atom is -0.0988 e. The summed E-state index contributed by atoms with van der Waals surface area (Å²) in [5.41, 5.74) is 6.87. The fraction of sp³-hybridized carbons (Fsp3) is 0.200. The topological polar surface area (TPSA) is 0 Å². The van der Waals surface area contributed by atoms with Crippen LogP contribution in [0.4, 0.5) is 0 Å². The second-order valence-electron chi connectivity index (χ2n) is 5.08. The summed E-state index contributed by atoms with van der Waals surface area (Å²) in [4.78, 5) is 0. The van der Waals surface area contributed by atoms with Gasteiger partial charge in [-0.1, -0.05) is 80.3 Å². The number of hydrogen-bond donors (Lipinski definition) is 0. The molecule has 0 aromatic heterocycles. The van der Waals surface area contributed by atoms with Gasteiger partial charge in [0.2, 0.25) is 0 Å². The zero-order valence-corrected chi connectivity index (χ0v) is 12.9. The molecule has 104 valence electrons. The van der Waals surface area contributed by atoms with Crippen LogP contribution in [0.3, 0.4) is 0 Å². The second-order valence-corrected chi connectivity index (χ2v) is 5.08. The Morgan fingerprint density at radius 3 is 1.95 bits per heavy atom. The van der Waals surface area contributed by atoms with Crippen molar-refractivity contribution in [2.24, 2.45) is 0 Å². The first-order valence-electron chi connectivity index (χ1n) is 6.94. The van der Waals surface area contributed by atoms with Gasteiger partial charge in [-0.15, -0.1) is 0 Å². The quantitative estimate of drug-likeness (QED) is 0.536. The zero-order valence-electron chi connectivity index (χ0n) is 12.9. The van der Waals surface area contributed by atoms with Crippen molar-refractivity contribution in [3.63, 3.8) is 0 Å². The van der Waals surface area contributed by atoms with Crippen molar-refractivity contribution in [2.75, 3.05) is 0 Å². The molecule has 1 rings (SSSR count). The summed E-state index contributed by atoms with van der Waals surface area (Å²) in [7, 11) is 0. The molecule has 0 radical (unpaired) electrons. The van der Waals surface area contributed by atoms with Crippen LogP contribution in [-0.4, -0.2) is 0 Å². The number of benzene rings is 1. The van der Waals surface area contributed by atoms with Gasteiger partial charge in [0.1, 0.15) is 0 Å². The molecule has 20 heavy (non-hydrogen) atoms. The molecule has 0 amide bonds. The molecular weight excluding hydrogens is 240 g/mol. The number of allylic oxidation sites excluding steroid dienone is 7. The Hall–Kier alpha value is -2.08. The van der Waals surface area contributed by atoms with Crippen LogP contribution in [0.25, 0.3) is 11.1 Å². The monoisotopic (exact) mass is 264 g/mol. The van der Waals surface area contributed by atoms with Crippen molar-refractivity contribution < 1.29 is 0 Å². The molecule has 0 N–H and O–H groups in total. The van der Waals surface area contributed by atoms with E-state index in [0.29, 0.717) is 0 Å². The van der Waals surface area contributed by atoms with Gasteiger partial charge in [-0.05, 0) is 42.5 Å². The predicted molar refractivity (Wildman–Crippen MR) is 92.5 cm³/mol. The van der Waals surface area contributed by atoms with Gasteiger partial charge in [-0.3, -0.25) is 0 Å². The highest BCUT2D eigenvalue weighted by atomic mass is 14.1. The summed E-state index contributed by atoms with van der Waals surface area (Å²) in [6.07, 6.45) is 7.17. The van der Waals surface area contributed by atoms with E-state index in [0.717, 1.165) is 17.6 Å².